The lowest BCUT2D eigenvalue weighted by atomic mass is 10.1. The third-order valence-corrected chi connectivity index (χ3v) is 5.02. The molecule has 0 bridgehead atoms. The van der Waals surface area contributed by atoms with Crippen LogP contribution in [0, 0.1) is 13.8 Å². The fraction of sp³-hybridized carbons (Fsp3) is 0.545. The molecular weight excluding hydrogens is 493 g/mol. The van der Waals surface area contributed by atoms with Crippen molar-refractivity contribution in [1.82, 2.24) is 20.0 Å². The van der Waals surface area contributed by atoms with E-state index in [9.17, 15) is 0 Å². The Morgan fingerprint density at radius 3 is 2.77 bits per heavy atom. The summed E-state index contributed by atoms with van der Waals surface area (Å²) in [5, 5.41) is 7.68. The second-order valence-electron chi connectivity index (χ2n) is 7.41. The molecule has 0 aliphatic carbocycles. The van der Waals surface area contributed by atoms with Crippen LogP contribution < -0.4 is 10.1 Å². The van der Waals surface area contributed by atoms with E-state index >= 15 is 0 Å². The first kappa shape index (κ1) is 24.5. The van der Waals surface area contributed by atoms with Crippen molar-refractivity contribution in [3.05, 3.63) is 47.3 Å². The molecule has 1 unspecified atom stereocenters. The molecule has 1 aromatic heterocycles. The molecule has 8 heteroatoms. The molecule has 1 aliphatic rings. The van der Waals surface area contributed by atoms with Crippen LogP contribution in [0.4, 0.5) is 0 Å². The van der Waals surface area contributed by atoms with Crippen molar-refractivity contribution in [1.29, 1.82) is 0 Å². The molecule has 1 aliphatic heterocycles. The van der Waals surface area contributed by atoms with Crippen molar-refractivity contribution in [2.75, 3.05) is 39.4 Å². The number of aromatic nitrogens is 2. The van der Waals surface area contributed by atoms with Gasteiger partial charge in [0.05, 0.1) is 26.0 Å². The first-order valence-corrected chi connectivity index (χ1v) is 10.4. The molecule has 0 amide bonds. The SMILES string of the molecule is CCNC(=NCCCOc1c(C)cccc1C)N1CCOC(c2cnn(C)c2)C1.I. The van der Waals surface area contributed by atoms with Crippen LogP contribution >= 0.6 is 24.0 Å². The van der Waals surface area contributed by atoms with Gasteiger partial charge < -0.3 is 19.7 Å². The number of aliphatic imine (C=N–C) groups is 1. The van der Waals surface area contributed by atoms with Crippen LogP contribution in [0.15, 0.2) is 35.6 Å². The molecule has 1 N–H and O–H groups in total. The van der Waals surface area contributed by atoms with E-state index in [0.29, 0.717) is 13.2 Å². The van der Waals surface area contributed by atoms with Crippen molar-refractivity contribution >= 4 is 29.9 Å². The minimum absolute atomic E-state index is 0. The van der Waals surface area contributed by atoms with Gasteiger partial charge in [-0.1, -0.05) is 18.2 Å². The Balaban J connectivity index is 0.00000320. The topological polar surface area (TPSA) is 63.9 Å². The Bertz CT molecular complexity index is 803. The maximum atomic E-state index is 6.00. The zero-order valence-electron chi connectivity index (χ0n) is 18.4. The number of hydrogen-bond acceptors (Lipinski definition) is 4. The summed E-state index contributed by atoms with van der Waals surface area (Å²) in [6.45, 7) is 10.8. The second kappa shape index (κ2) is 12.1. The lowest BCUT2D eigenvalue weighted by molar-refractivity contribution is -0.00804. The fourth-order valence-electron chi connectivity index (χ4n) is 3.53. The van der Waals surface area contributed by atoms with Gasteiger partial charge in [-0.2, -0.15) is 5.10 Å². The van der Waals surface area contributed by atoms with Gasteiger partial charge in [0.1, 0.15) is 11.9 Å². The highest BCUT2D eigenvalue weighted by Crippen LogP contribution is 2.23. The summed E-state index contributed by atoms with van der Waals surface area (Å²) in [4.78, 5) is 7.10. The zero-order chi connectivity index (χ0) is 20.6. The minimum Gasteiger partial charge on any atom is -0.493 e. The van der Waals surface area contributed by atoms with Gasteiger partial charge in [-0.3, -0.25) is 9.67 Å². The molecule has 0 spiro atoms. The molecule has 1 aromatic carbocycles. The molecule has 2 heterocycles. The summed E-state index contributed by atoms with van der Waals surface area (Å²) in [6.07, 6.45) is 4.79. The lowest BCUT2D eigenvalue weighted by Crippen LogP contribution is -2.48. The molecule has 2 aromatic rings. The summed E-state index contributed by atoms with van der Waals surface area (Å²) in [5.74, 6) is 1.94. The Morgan fingerprint density at radius 2 is 2.10 bits per heavy atom. The fourth-order valence-corrected chi connectivity index (χ4v) is 3.53. The third kappa shape index (κ3) is 6.60. The number of hydrogen-bond donors (Lipinski definition) is 1. The summed E-state index contributed by atoms with van der Waals surface area (Å²) < 4.78 is 13.8. The predicted molar refractivity (Wildman–Crippen MR) is 131 cm³/mol. The summed E-state index contributed by atoms with van der Waals surface area (Å²) >= 11 is 0. The highest BCUT2D eigenvalue weighted by molar-refractivity contribution is 14.0. The largest absolute Gasteiger partial charge is 0.493 e. The second-order valence-corrected chi connectivity index (χ2v) is 7.41. The normalized spacial score (nSPS) is 16.9. The minimum atomic E-state index is 0. The van der Waals surface area contributed by atoms with E-state index in [0.717, 1.165) is 49.9 Å². The molecule has 30 heavy (non-hydrogen) atoms. The molecule has 1 atom stereocenters. The maximum Gasteiger partial charge on any atom is 0.194 e. The van der Waals surface area contributed by atoms with E-state index < -0.39 is 0 Å². The number of nitrogens with zero attached hydrogens (tertiary/aromatic N) is 4. The highest BCUT2D eigenvalue weighted by Gasteiger charge is 2.25. The Hall–Kier alpha value is -1.81. The van der Waals surface area contributed by atoms with Gasteiger partial charge in [0.25, 0.3) is 0 Å². The summed E-state index contributed by atoms with van der Waals surface area (Å²) in [7, 11) is 1.93. The van der Waals surface area contributed by atoms with Crippen molar-refractivity contribution < 1.29 is 9.47 Å². The van der Waals surface area contributed by atoms with E-state index in [-0.39, 0.29) is 30.1 Å². The van der Waals surface area contributed by atoms with Crippen LogP contribution in [0.25, 0.3) is 0 Å². The van der Waals surface area contributed by atoms with Crippen LogP contribution in [0.1, 0.15) is 36.1 Å². The quantitative estimate of drug-likeness (QED) is 0.259. The standard InChI is InChI=1S/C22H33N5O2.HI/c1-5-23-22(24-10-7-12-29-21-17(2)8-6-9-18(21)3)27-11-13-28-20(16-27)19-14-25-26(4)15-19;/h6,8-9,14-15,20H,5,7,10-13,16H2,1-4H3,(H,23,24);1H. The first-order chi connectivity index (χ1) is 14.1. The van der Waals surface area contributed by atoms with Crippen molar-refractivity contribution in [2.45, 2.75) is 33.3 Å². The van der Waals surface area contributed by atoms with Gasteiger partial charge >= 0.3 is 0 Å². The Kier molecular flexibility index (Phi) is 9.90. The number of benzene rings is 1. The Morgan fingerprint density at radius 1 is 1.33 bits per heavy atom. The molecule has 1 saturated heterocycles. The van der Waals surface area contributed by atoms with E-state index in [1.54, 1.807) is 0 Å². The van der Waals surface area contributed by atoms with Gasteiger partial charge in [-0.25, -0.2) is 0 Å². The molecule has 0 saturated carbocycles. The Labute approximate surface area is 196 Å². The van der Waals surface area contributed by atoms with Crippen molar-refractivity contribution in [3.63, 3.8) is 0 Å². The molecule has 7 nitrogen and oxygen atoms in total. The molecule has 166 valence electrons. The van der Waals surface area contributed by atoms with E-state index in [4.69, 9.17) is 14.5 Å². The number of rotatable bonds is 7. The molecular formula is C22H34IN5O2. The van der Waals surface area contributed by atoms with Gasteiger partial charge in [0.2, 0.25) is 0 Å². The molecule has 0 radical (unpaired) electrons. The predicted octanol–water partition coefficient (Wildman–Crippen LogP) is 3.46. The first-order valence-electron chi connectivity index (χ1n) is 10.4. The van der Waals surface area contributed by atoms with Crippen LogP contribution in [-0.2, 0) is 11.8 Å². The number of para-hydroxylation sites is 1. The maximum absolute atomic E-state index is 6.00. The van der Waals surface area contributed by atoms with Crippen LogP contribution in [0.5, 0.6) is 5.75 Å². The average Bonchev–Trinajstić information content (AvgIpc) is 3.15. The highest BCUT2D eigenvalue weighted by atomic mass is 127. The number of guanidine groups is 1. The number of aryl methyl sites for hydroxylation is 3. The van der Waals surface area contributed by atoms with E-state index in [2.05, 4.69) is 54.3 Å². The van der Waals surface area contributed by atoms with Gasteiger partial charge in [-0.05, 0) is 31.9 Å². The lowest BCUT2D eigenvalue weighted by Gasteiger charge is -2.34. The van der Waals surface area contributed by atoms with Gasteiger partial charge in [-0.15, -0.1) is 24.0 Å². The van der Waals surface area contributed by atoms with Crippen LogP contribution in [0.3, 0.4) is 0 Å². The molecule has 1 fully saturated rings. The summed E-state index contributed by atoms with van der Waals surface area (Å²) in [5.41, 5.74) is 3.46. The third-order valence-electron chi connectivity index (χ3n) is 5.02. The van der Waals surface area contributed by atoms with Crippen LogP contribution in [0.2, 0.25) is 0 Å². The monoisotopic (exact) mass is 527 g/mol. The molecule has 3 rings (SSSR count). The van der Waals surface area contributed by atoms with Gasteiger partial charge in [0, 0.05) is 44.9 Å². The van der Waals surface area contributed by atoms with Crippen molar-refractivity contribution in [3.8, 4) is 5.75 Å². The number of ether oxygens (including phenoxy) is 2. The number of morpholine rings is 1. The van der Waals surface area contributed by atoms with Crippen molar-refractivity contribution in [2.24, 2.45) is 12.0 Å². The number of halogens is 1. The van der Waals surface area contributed by atoms with E-state index in [1.165, 1.54) is 11.1 Å². The summed E-state index contributed by atoms with van der Waals surface area (Å²) in [6, 6.07) is 6.23. The smallest absolute Gasteiger partial charge is 0.194 e. The average molecular weight is 527 g/mol. The van der Waals surface area contributed by atoms with Gasteiger partial charge in [0.15, 0.2) is 5.96 Å². The number of nitrogens with one attached hydrogen (secondary N) is 1. The van der Waals surface area contributed by atoms with E-state index in [1.807, 2.05) is 24.1 Å². The zero-order valence-corrected chi connectivity index (χ0v) is 20.8. The van der Waals surface area contributed by atoms with Crippen LogP contribution in [-0.4, -0.2) is 60.0 Å².